The zero-order chi connectivity index (χ0) is 38.8. The summed E-state index contributed by atoms with van der Waals surface area (Å²) in [7, 11) is 0. The Morgan fingerprint density at radius 2 is 0.825 bits per heavy atom. The molecule has 0 bridgehead atoms. The Hall–Kier alpha value is -7.48. The Labute approximate surface area is 331 Å². The third kappa shape index (κ3) is 8.01. The molecule has 4 heterocycles. The number of benzene rings is 6. The molecule has 10 aromatic rings. The molecule has 0 radical (unpaired) electrons. The van der Waals surface area contributed by atoms with Gasteiger partial charge in [0.15, 0.2) is 6.29 Å². The van der Waals surface area contributed by atoms with Gasteiger partial charge in [-0.15, -0.1) is 0 Å². The van der Waals surface area contributed by atoms with Crippen LogP contribution in [0.3, 0.4) is 0 Å². The Balaban J connectivity index is 0.000000137. The highest BCUT2D eigenvalue weighted by atomic mass is 16.1. The lowest BCUT2D eigenvalue weighted by atomic mass is 10.2. The van der Waals surface area contributed by atoms with E-state index >= 15 is 0 Å². The van der Waals surface area contributed by atoms with Gasteiger partial charge in [-0.1, -0.05) is 146 Å². The number of fused-ring (bicyclic) bond motifs is 6. The summed E-state index contributed by atoms with van der Waals surface area (Å²) in [5.74, 6) is 1.66. The van der Waals surface area contributed by atoms with Gasteiger partial charge in [0.25, 0.3) is 0 Å². The molecule has 0 amide bonds. The summed E-state index contributed by atoms with van der Waals surface area (Å²) < 4.78 is 4.32. The first kappa shape index (κ1) is 36.5. The number of aromatic nitrogens is 4. The molecular weight excluding hydrogens is 701 g/mol. The Morgan fingerprint density at radius 1 is 0.439 bits per heavy atom. The highest BCUT2D eigenvalue weighted by Gasteiger charge is 2.13. The van der Waals surface area contributed by atoms with Gasteiger partial charge in [0.1, 0.15) is 17.3 Å². The smallest absolute Gasteiger partial charge is 0.168 e. The van der Waals surface area contributed by atoms with Crippen LogP contribution in [0.4, 0.5) is 0 Å². The Kier molecular flexibility index (Phi) is 11.1. The third-order valence-electron chi connectivity index (χ3n) is 9.67. The molecule has 10 rings (SSSR count). The number of hydrogen-bond donors (Lipinski definition) is 1. The fourth-order valence-electron chi connectivity index (χ4n) is 7.05. The molecule has 0 saturated heterocycles. The largest absolute Gasteiger partial charge is 0.326 e. The van der Waals surface area contributed by atoms with Gasteiger partial charge < -0.3 is 5.73 Å². The Morgan fingerprint density at radius 3 is 1.25 bits per heavy atom. The van der Waals surface area contributed by atoms with Gasteiger partial charge in [0, 0.05) is 34.3 Å². The van der Waals surface area contributed by atoms with E-state index in [-0.39, 0.29) is 0 Å². The van der Waals surface area contributed by atoms with Crippen molar-refractivity contribution >= 4 is 56.1 Å². The van der Waals surface area contributed by atoms with Crippen molar-refractivity contribution in [3.8, 4) is 11.6 Å². The molecule has 7 nitrogen and oxygen atoms in total. The zero-order valence-electron chi connectivity index (χ0n) is 31.3. The molecule has 0 aliphatic heterocycles. The second-order valence-corrected chi connectivity index (χ2v) is 13.3. The number of para-hydroxylation sites is 4. The Bertz CT molecular complexity index is 2840. The molecule has 2 N–H and O–H groups in total. The van der Waals surface area contributed by atoms with Gasteiger partial charge in [0.2, 0.25) is 0 Å². The SMILES string of the molecule is C(=NCc1ccccc1)c1cccc(-n2c3ccccc3c3ccccc32)n1.NCc1ccccc1.O=Cc1cccc(-n2c3ccccc3c3ccccc32)n1. The van der Waals surface area contributed by atoms with Crippen molar-refractivity contribution in [1.82, 2.24) is 19.1 Å². The maximum absolute atomic E-state index is 11.0. The molecule has 0 saturated carbocycles. The average Bonchev–Trinajstić information content (AvgIpc) is 3.81. The number of aliphatic imine (C=N–C) groups is 1. The molecule has 0 fully saturated rings. The number of rotatable bonds is 7. The summed E-state index contributed by atoms with van der Waals surface area (Å²) in [5, 5.41) is 4.85. The second kappa shape index (κ2) is 17.3. The van der Waals surface area contributed by atoms with Crippen LogP contribution in [-0.4, -0.2) is 31.6 Å². The zero-order valence-corrected chi connectivity index (χ0v) is 31.3. The fraction of sp³-hybridized carbons (Fsp3) is 0.0400. The highest BCUT2D eigenvalue weighted by Crippen LogP contribution is 2.32. The topological polar surface area (TPSA) is 91.1 Å². The number of pyridine rings is 2. The first-order valence-electron chi connectivity index (χ1n) is 18.9. The molecular formula is C50H40N6O. The van der Waals surface area contributed by atoms with Crippen LogP contribution in [0.15, 0.2) is 199 Å². The molecule has 6 aromatic carbocycles. The molecule has 0 spiro atoms. The van der Waals surface area contributed by atoms with Crippen LogP contribution in [0, 0.1) is 0 Å². The molecule has 4 aromatic heterocycles. The summed E-state index contributed by atoms with van der Waals surface area (Å²) in [6.07, 6.45) is 2.63. The van der Waals surface area contributed by atoms with Crippen molar-refractivity contribution in [3.05, 3.63) is 217 Å². The predicted molar refractivity (Wildman–Crippen MR) is 235 cm³/mol. The van der Waals surface area contributed by atoms with Gasteiger partial charge in [0.05, 0.1) is 34.3 Å². The van der Waals surface area contributed by atoms with Crippen LogP contribution in [0.2, 0.25) is 0 Å². The van der Waals surface area contributed by atoms with E-state index in [1.54, 1.807) is 6.07 Å². The van der Waals surface area contributed by atoms with Crippen LogP contribution in [-0.2, 0) is 13.1 Å². The molecule has 57 heavy (non-hydrogen) atoms. The number of nitrogens with zero attached hydrogens (tertiary/aromatic N) is 5. The van der Waals surface area contributed by atoms with E-state index in [1.165, 1.54) is 32.7 Å². The minimum atomic E-state index is 0.439. The maximum Gasteiger partial charge on any atom is 0.168 e. The molecule has 276 valence electrons. The van der Waals surface area contributed by atoms with E-state index in [9.17, 15) is 4.79 Å². The standard InChI is InChI=1S/C25H19N3.C18H12N2O.C7H9N/c1-2-9-19(10-3-1)17-26-18-20-11-8-16-25(27-20)28-23-14-6-4-12-21(23)22-13-5-7-15-24(22)28;21-12-13-6-5-11-18(19-13)20-16-9-3-1-7-14(16)15-8-2-4-10-17(15)20;8-6-7-4-2-1-3-5-7/h1-16,18H,17H2;1-12H;1-5H,6,8H2. The monoisotopic (exact) mass is 740 g/mol. The van der Waals surface area contributed by atoms with Crippen molar-refractivity contribution in [2.45, 2.75) is 13.1 Å². The van der Waals surface area contributed by atoms with Crippen molar-refractivity contribution in [3.63, 3.8) is 0 Å². The maximum atomic E-state index is 11.0. The van der Waals surface area contributed by atoms with E-state index < -0.39 is 0 Å². The van der Waals surface area contributed by atoms with Gasteiger partial charge in [-0.25, -0.2) is 9.97 Å². The number of aldehydes is 1. The van der Waals surface area contributed by atoms with Crippen molar-refractivity contribution in [2.24, 2.45) is 10.7 Å². The molecule has 0 atom stereocenters. The average molecular weight is 741 g/mol. The van der Waals surface area contributed by atoms with Crippen LogP contribution in [0.1, 0.15) is 27.3 Å². The number of carbonyl (C=O) groups is 1. The van der Waals surface area contributed by atoms with Gasteiger partial charge in [-0.05, 0) is 59.7 Å². The summed E-state index contributed by atoms with van der Waals surface area (Å²) >= 11 is 0. The van der Waals surface area contributed by atoms with E-state index in [4.69, 9.17) is 10.7 Å². The molecule has 0 unspecified atom stereocenters. The third-order valence-corrected chi connectivity index (χ3v) is 9.67. The van der Waals surface area contributed by atoms with Crippen molar-refractivity contribution in [2.75, 3.05) is 0 Å². The van der Waals surface area contributed by atoms with E-state index in [2.05, 4.69) is 104 Å². The highest BCUT2D eigenvalue weighted by molar-refractivity contribution is 6.10. The second-order valence-electron chi connectivity index (χ2n) is 13.3. The fourth-order valence-corrected chi connectivity index (χ4v) is 7.05. The minimum absolute atomic E-state index is 0.439. The number of nitrogens with two attached hydrogens (primary N) is 1. The van der Waals surface area contributed by atoms with Crippen molar-refractivity contribution < 1.29 is 4.79 Å². The lowest BCUT2D eigenvalue weighted by molar-refractivity contribution is 0.111. The molecule has 0 aliphatic carbocycles. The van der Waals surface area contributed by atoms with Crippen molar-refractivity contribution in [1.29, 1.82) is 0 Å². The van der Waals surface area contributed by atoms with Crippen LogP contribution < -0.4 is 5.73 Å². The number of hydrogen-bond acceptors (Lipinski definition) is 5. The summed E-state index contributed by atoms with van der Waals surface area (Å²) in [6, 6.07) is 65.2. The number of carbonyl (C=O) groups excluding carboxylic acids is 1. The first-order chi connectivity index (χ1) is 28.2. The van der Waals surface area contributed by atoms with Crippen LogP contribution in [0.5, 0.6) is 0 Å². The van der Waals surface area contributed by atoms with Crippen LogP contribution >= 0.6 is 0 Å². The molecule has 0 aliphatic rings. The van der Waals surface area contributed by atoms with Gasteiger partial charge in [-0.2, -0.15) is 0 Å². The lowest BCUT2D eigenvalue weighted by Crippen LogP contribution is -1.99. The van der Waals surface area contributed by atoms with E-state index in [0.29, 0.717) is 18.8 Å². The quantitative estimate of drug-likeness (QED) is 0.130. The van der Waals surface area contributed by atoms with Gasteiger partial charge in [-0.3, -0.25) is 18.9 Å². The lowest BCUT2D eigenvalue weighted by Gasteiger charge is -2.07. The summed E-state index contributed by atoms with van der Waals surface area (Å²) in [6.45, 7) is 1.29. The summed E-state index contributed by atoms with van der Waals surface area (Å²) in [4.78, 5) is 24.8. The van der Waals surface area contributed by atoms with Crippen LogP contribution in [0.25, 0.3) is 55.2 Å². The van der Waals surface area contributed by atoms with Gasteiger partial charge >= 0.3 is 0 Å². The summed E-state index contributed by atoms with van der Waals surface area (Å²) in [5.41, 5.74) is 13.5. The van der Waals surface area contributed by atoms with E-state index in [1.807, 2.05) is 109 Å². The predicted octanol–water partition coefficient (Wildman–Crippen LogP) is 10.9. The normalized spacial score (nSPS) is 11.0. The van der Waals surface area contributed by atoms with E-state index in [0.717, 1.165) is 45.7 Å². The molecule has 7 heteroatoms. The minimum Gasteiger partial charge on any atom is -0.326 e. The first-order valence-corrected chi connectivity index (χ1v) is 18.9.